The normalized spacial score (nSPS) is 22.5. The van der Waals surface area contributed by atoms with Gasteiger partial charge in [0.05, 0.1) is 10.9 Å². The Balaban J connectivity index is 1.68. The zero-order chi connectivity index (χ0) is 20.8. The third kappa shape index (κ3) is 3.49. The average Bonchev–Trinajstić information content (AvgIpc) is 3.17. The highest BCUT2D eigenvalue weighted by molar-refractivity contribution is 7.89. The molecule has 2 aliphatic rings. The summed E-state index contributed by atoms with van der Waals surface area (Å²) in [5.41, 5.74) is 3.53. The molecule has 2 aromatic carbocycles. The van der Waals surface area contributed by atoms with Crippen LogP contribution in [0.15, 0.2) is 59.5 Å². The summed E-state index contributed by atoms with van der Waals surface area (Å²) in [5.74, 6) is 0.342. The number of amides is 1. The van der Waals surface area contributed by atoms with E-state index in [2.05, 4.69) is 17.5 Å². The number of sulfonamides is 1. The molecule has 1 aliphatic carbocycles. The van der Waals surface area contributed by atoms with Gasteiger partial charge in [-0.3, -0.25) is 4.90 Å². The maximum atomic E-state index is 11.7. The number of carbonyl (C=O) groups is 1. The Bertz CT molecular complexity index is 1080. The van der Waals surface area contributed by atoms with Crippen LogP contribution in [-0.2, 0) is 10.0 Å². The lowest BCUT2D eigenvalue weighted by atomic mass is 9.77. The summed E-state index contributed by atoms with van der Waals surface area (Å²) in [6.45, 7) is 2.18. The number of nitrogens with zero attached hydrogens (tertiary/aromatic N) is 1. The van der Waals surface area contributed by atoms with Gasteiger partial charge in [-0.25, -0.2) is 18.4 Å². The maximum Gasteiger partial charge on any atom is 0.411 e. The number of carboxylic acid groups (broad SMARTS) is 1. The molecule has 4 N–H and O–H groups in total. The fraction of sp³-hybridized carbons (Fsp3) is 0.286. The minimum Gasteiger partial charge on any atom is -0.465 e. The molecule has 0 spiro atoms. The van der Waals surface area contributed by atoms with E-state index in [1.54, 1.807) is 19.1 Å². The van der Waals surface area contributed by atoms with Crippen LogP contribution in [0, 0.1) is 5.92 Å². The molecule has 0 radical (unpaired) electrons. The van der Waals surface area contributed by atoms with Crippen LogP contribution in [0.2, 0.25) is 0 Å². The van der Waals surface area contributed by atoms with E-state index in [1.807, 2.05) is 24.3 Å². The quantitative estimate of drug-likeness (QED) is 0.662. The van der Waals surface area contributed by atoms with E-state index < -0.39 is 16.1 Å². The summed E-state index contributed by atoms with van der Waals surface area (Å²) >= 11 is 0. The van der Waals surface area contributed by atoms with Crippen LogP contribution in [0.4, 0.5) is 16.2 Å². The number of nitrogens with two attached hydrogens (primary N) is 1. The van der Waals surface area contributed by atoms with Crippen molar-refractivity contribution in [3.05, 3.63) is 65.7 Å². The molecule has 3 unspecified atom stereocenters. The van der Waals surface area contributed by atoms with Crippen molar-refractivity contribution in [2.24, 2.45) is 11.1 Å². The number of primary sulfonamides is 1. The second-order valence-corrected chi connectivity index (χ2v) is 8.95. The average molecular weight is 413 g/mol. The van der Waals surface area contributed by atoms with Gasteiger partial charge in [0.2, 0.25) is 10.0 Å². The van der Waals surface area contributed by atoms with Gasteiger partial charge in [-0.1, -0.05) is 24.3 Å². The molecular formula is C21H23N3O4S. The van der Waals surface area contributed by atoms with E-state index in [9.17, 15) is 18.3 Å². The molecule has 1 aliphatic heterocycles. The first-order valence-electron chi connectivity index (χ1n) is 9.50. The van der Waals surface area contributed by atoms with Gasteiger partial charge in [-0.05, 0) is 60.7 Å². The summed E-state index contributed by atoms with van der Waals surface area (Å²) in [6, 6.07) is 12.5. The number of hydrogen-bond donors (Lipinski definition) is 3. The van der Waals surface area contributed by atoms with Gasteiger partial charge in [-0.2, -0.15) is 0 Å². The summed E-state index contributed by atoms with van der Waals surface area (Å²) < 4.78 is 23.5. The number of hydrogen-bond acceptors (Lipinski definition) is 4. The van der Waals surface area contributed by atoms with Gasteiger partial charge < -0.3 is 10.4 Å². The Morgan fingerprint density at radius 1 is 1.24 bits per heavy atom. The van der Waals surface area contributed by atoms with Crippen LogP contribution in [0.25, 0.3) is 0 Å². The molecule has 0 aromatic heterocycles. The van der Waals surface area contributed by atoms with E-state index in [4.69, 9.17) is 5.14 Å². The van der Waals surface area contributed by atoms with Gasteiger partial charge in [0.15, 0.2) is 0 Å². The third-order valence-corrected chi connectivity index (χ3v) is 6.68. The Hall–Kier alpha value is -2.84. The lowest BCUT2D eigenvalue weighted by Gasteiger charge is -2.37. The minimum atomic E-state index is -3.76. The monoisotopic (exact) mass is 413 g/mol. The Labute approximate surface area is 169 Å². The summed E-state index contributed by atoms with van der Waals surface area (Å²) in [6.07, 6.45) is 4.15. The number of benzene rings is 2. The molecule has 3 atom stereocenters. The highest BCUT2D eigenvalue weighted by Gasteiger charge is 2.38. The number of rotatable bonds is 4. The number of allylic oxidation sites excluding steroid dienone is 2. The van der Waals surface area contributed by atoms with Crippen molar-refractivity contribution in [1.82, 2.24) is 0 Å². The minimum absolute atomic E-state index is 0.0387. The van der Waals surface area contributed by atoms with Crippen LogP contribution >= 0.6 is 0 Å². The highest BCUT2D eigenvalue weighted by Crippen LogP contribution is 2.50. The largest absolute Gasteiger partial charge is 0.465 e. The lowest BCUT2D eigenvalue weighted by molar-refractivity contribution is 0.202. The molecule has 0 fully saturated rings. The van der Waals surface area contributed by atoms with Crippen LogP contribution in [-0.4, -0.2) is 26.2 Å². The fourth-order valence-corrected chi connectivity index (χ4v) is 4.92. The molecule has 1 amide bonds. The van der Waals surface area contributed by atoms with E-state index in [1.165, 1.54) is 11.0 Å². The molecule has 0 saturated carbocycles. The van der Waals surface area contributed by atoms with Crippen molar-refractivity contribution < 1.29 is 18.3 Å². The molecule has 8 heteroatoms. The topological polar surface area (TPSA) is 113 Å². The highest BCUT2D eigenvalue weighted by atomic mass is 32.2. The summed E-state index contributed by atoms with van der Waals surface area (Å²) in [7, 11) is -3.76. The first-order chi connectivity index (χ1) is 13.8. The molecule has 2 aromatic rings. The van der Waals surface area contributed by atoms with E-state index in [0.717, 1.165) is 23.2 Å². The van der Waals surface area contributed by atoms with Gasteiger partial charge in [0.25, 0.3) is 0 Å². The Morgan fingerprint density at radius 2 is 1.97 bits per heavy atom. The van der Waals surface area contributed by atoms with Gasteiger partial charge in [0, 0.05) is 23.8 Å². The van der Waals surface area contributed by atoms with Crippen LogP contribution < -0.4 is 15.4 Å². The van der Waals surface area contributed by atoms with Crippen molar-refractivity contribution in [2.45, 2.75) is 30.2 Å². The molecular weight excluding hydrogens is 390 g/mol. The Morgan fingerprint density at radius 3 is 2.59 bits per heavy atom. The summed E-state index contributed by atoms with van der Waals surface area (Å²) in [5, 5.41) is 18.2. The third-order valence-electron chi connectivity index (χ3n) is 5.77. The fourth-order valence-electron chi connectivity index (χ4n) is 4.37. The molecule has 29 heavy (non-hydrogen) atoms. The van der Waals surface area contributed by atoms with Crippen molar-refractivity contribution in [1.29, 1.82) is 0 Å². The van der Waals surface area contributed by atoms with Gasteiger partial charge in [-0.15, -0.1) is 0 Å². The second-order valence-electron chi connectivity index (χ2n) is 7.39. The zero-order valence-corrected chi connectivity index (χ0v) is 16.8. The van der Waals surface area contributed by atoms with Crippen molar-refractivity contribution in [3.63, 3.8) is 0 Å². The lowest BCUT2D eigenvalue weighted by Crippen LogP contribution is -2.30. The predicted octanol–water partition coefficient (Wildman–Crippen LogP) is 3.66. The first-order valence-corrected chi connectivity index (χ1v) is 11.0. The Kier molecular flexibility index (Phi) is 4.84. The predicted molar refractivity (Wildman–Crippen MR) is 112 cm³/mol. The first kappa shape index (κ1) is 19.5. The van der Waals surface area contributed by atoms with Crippen molar-refractivity contribution >= 4 is 27.5 Å². The van der Waals surface area contributed by atoms with Crippen LogP contribution in [0.5, 0.6) is 0 Å². The SMILES string of the molecule is CCN(C(=O)O)c1ccc(C2Nc3ccc(S(N)(=O)=O)cc3C3C=CCC32)cc1. The molecule has 152 valence electrons. The molecule has 4 rings (SSSR count). The maximum absolute atomic E-state index is 11.7. The van der Waals surface area contributed by atoms with Crippen LogP contribution in [0.1, 0.15) is 36.4 Å². The number of fused-ring (bicyclic) bond motifs is 3. The standard InChI is InChI=1S/C21H23N3O4S/c1-2-24(21(25)26)14-8-6-13(7-9-14)20-17-5-3-4-16(17)18-12-15(29(22,27)28)10-11-19(18)23-20/h3-4,6-12,16-17,20,23H,2,5H2,1H3,(H,25,26)(H2,22,27,28). The number of anilines is 2. The molecule has 0 bridgehead atoms. The van der Waals surface area contributed by atoms with E-state index >= 15 is 0 Å². The van der Waals surface area contributed by atoms with E-state index in [-0.39, 0.29) is 22.8 Å². The van der Waals surface area contributed by atoms with Crippen LogP contribution in [0.3, 0.4) is 0 Å². The number of nitrogens with one attached hydrogen (secondary N) is 1. The zero-order valence-electron chi connectivity index (χ0n) is 15.9. The molecule has 1 heterocycles. The molecule has 0 saturated heterocycles. The smallest absolute Gasteiger partial charge is 0.411 e. The van der Waals surface area contributed by atoms with E-state index in [0.29, 0.717) is 12.2 Å². The van der Waals surface area contributed by atoms with Gasteiger partial charge in [0.1, 0.15) is 0 Å². The van der Waals surface area contributed by atoms with Crippen molar-refractivity contribution in [3.8, 4) is 0 Å². The molecule has 7 nitrogen and oxygen atoms in total. The summed E-state index contributed by atoms with van der Waals surface area (Å²) in [4.78, 5) is 12.8. The van der Waals surface area contributed by atoms with Crippen molar-refractivity contribution in [2.75, 3.05) is 16.8 Å². The van der Waals surface area contributed by atoms with Gasteiger partial charge >= 0.3 is 6.09 Å². The second kappa shape index (κ2) is 7.20.